The monoisotopic (exact) mass is 409 g/mol. The van der Waals surface area contributed by atoms with Crippen LogP contribution in [-0.4, -0.2) is 11.0 Å². The summed E-state index contributed by atoms with van der Waals surface area (Å²) in [6.07, 6.45) is 0. The van der Waals surface area contributed by atoms with E-state index in [1.165, 1.54) is 27.4 Å². The Balaban J connectivity index is 0.000000198. The molecule has 28 heavy (non-hydrogen) atoms. The van der Waals surface area contributed by atoms with Gasteiger partial charge in [-0.2, -0.15) is 0 Å². The van der Waals surface area contributed by atoms with Gasteiger partial charge in [-0.3, -0.25) is 0 Å². The molecule has 4 rings (SSSR count). The highest BCUT2D eigenvalue weighted by Crippen LogP contribution is 2.24. The third-order valence-electron chi connectivity index (χ3n) is 3.76. The van der Waals surface area contributed by atoms with E-state index in [4.69, 9.17) is 5.73 Å². The lowest BCUT2D eigenvalue weighted by Gasteiger charge is -2.17. The highest BCUT2D eigenvalue weighted by atomic mass is 35.5. The van der Waals surface area contributed by atoms with Crippen molar-refractivity contribution in [2.24, 2.45) is 5.73 Å². The van der Waals surface area contributed by atoms with Crippen molar-refractivity contribution in [1.82, 2.24) is 4.98 Å². The second-order valence-corrected chi connectivity index (χ2v) is 6.31. The Labute approximate surface area is 174 Å². The fourth-order valence-corrected chi connectivity index (χ4v) is 3.04. The van der Waals surface area contributed by atoms with Crippen LogP contribution in [0, 0.1) is 0 Å². The summed E-state index contributed by atoms with van der Waals surface area (Å²) in [5, 5.41) is 1.78. The number of benzene rings is 3. The summed E-state index contributed by atoms with van der Waals surface area (Å²) in [6.45, 7) is 0. The first-order valence-electron chi connectivity index (χ1n) is 8.39. The van der Waals surface area contributed by atoms with Crippen molar-refractivity contribution in [3.8, 4) is 11.1 Å². The molecule has 0 spiro atoms. The minimum absolute atomic E-state index is 0. The number of primary amides is 1. The third-order valence-corrected chi connectivity index (χ3v) is 4.34. The molecule has 0 aliphatic rings. The average molecular weight is 410 g/mol. The van der Waals surface area contributed by atoms with Gasteiger partial charge in [0.25, 0.3) is 0 Å². The van der Waals surface area contributed by atoms with Gasteiger partial charge in [0, 0.05) is 5.38 Å². The van der Waals surface area contributed by atoms with Crippen molar-refractivity contribution >= 4 is 41.3 Å². The smallest absolute Gasteiger partial charge is 0.325 e. The minimum Gasteiger partial charge on any atom is -0.351 e. The van der Waals surface area contributed by atoms with Crippen molar-refractivity contribution in [1.29, 1.82) is 0 Å². The van der Waals surface area contributed by atoms with E-state index in [2.05, 4.69) is 53.5 Å². The maximum atomic E-state index is 11.3. The van der Waals surface area contributed by atoms with Gasteiger partial charge in [-0.25, -0.2) is 14.7 Å². The number of urea groups is 1. The lowest BCUT2D eigenvalue weighted by Crippen LogP contribution is -2.31. The molecule has 0 aliphatic carbocycles. The van der Waals surface area contributed by atoms with E-state index in [-0.39, 0.29) is 12.4 Å². The molecule has 4 aromatic rings. The van der Waals surface area contributed by atoms with Gasteiger partial charge < -0.3 is 5.73 Å². The van der Waals surface area contributed by atoms with Crippen LogP contribution in [0.4, 0.5) is 16.3 Å². The number of carbonyl (C=O) groups is 1. The number of hydrogen-bond donors (Lipinski definition) is 1. The molecule has 0 saturated heterocycles. The van der Waals surface area contributed by atoms with Crippen LogP contribution in [0.3, 0.4) is 0 Å². The largest absolute Gasteiger partial charge is 0.351 e. The zero-order valence-corrected chi connectivity index (χ0v) is 16.6. The van der Waals surface area contributed by atoms with E-state index < -0.39 is 6.03 Å². The van der Waals surface area contributed by atoms with Gasteiger partial charge in [0.2, 0.25) is 0 Å². The van der Waals surface area contributed by atoms with Crippen LogP contribution < -0.4 is 10.6 Å². The van der Waals surface area contributed by atoms with Crippen LogP contribution in [0.2, 0.25) is 0 Å². The van der Waals surface area contributed by atoms with Gasteiger partial charge in [0.1, 0.15) is 0 Å². The second-order valence-electron chi connectivity index (χ2n) is 5.59. The van der Waals surface area contributed by atoms with Gasteiger partial charge in [-0.05, 0) is 23.3 Å². The maximum Gasteiger partial charge on any atom is 0.325 e. The first kappa shape index (κ1) is 21.2. The number of amides is 2. The van der Waals surface area contributed by atoms with Crippen molar-refractivity contribution in [3.63, 3.8) is 0 Å². The second kappa shape index (κ2) is 10.9. The van der Waals surface area contributed by atoms with Crippen LogP contribution in [0.5, 0.6) is 0 Å². The number of aromatic nitrogens is 1. The molecule has 0 fully saturated rings. The molecule has 0 radical (unpaired) electrons. The summed E-state index contributed by atoms with van der Waals surface area (Å²) in [4.78, 5) is 16.7. The first-order valence-corrected chi connectivity index (χ1v) is 9.33. The van der Waals surface area contributed by atoms with Crippen LogP contribution >= 0.6 is 23.7 Å². The molecule has 4 nitrogen and oxygen atoms in total. The SMILES string of the molecule is Cl.NC(=O)N(c1ccccc1)c1cscn1.c1ccc(-c2ccccc2)cc1. The number of anilines is 2. The van der Waals surface area contributed by atoms with Crippen LogP contribution in [0.1, 0.15) is 0 Å². The fraction of sp³-hybridized carbons (Fsp3) is 0. The number of thiazole rings is 1. The summed E-state index contributed by atoms with van der Waals surface area (Å²) < 4.78 is 0. The normalized spacial score (nSPS) is 9.43. The summed E-state index contributed by atoms with van der Waals surface area (Å²) in [5.41, 5.74) is 10.2. The van der Waals surface area contributed by atoms with E-state index in [1.54, 1.807) is 10.9 Å². The Morgan fingerprint density at radius 3 is 1.64 bits per heavy atom. The summed E-state index contributed by atoms with van der Waals surface area (Å²) in [6, 6.07) is 29.4. The van der Waals surface area contributed by atoms with E-state index in [0.29, 0.717) is 5.82 Å². The topological polar surface area (TPSA) is 59.2 Å². The molecule has 3 aromatic carbocycles. The molecule has 2 N–H and O–H groups in total. The molecule has 142 valence electrons. The van der Waals surface area contributed by atoms with Crippen LogP contribution in [0.25, 0.3) is 11.1 Å². The summed E-state index contributed by atoms with van der Waals surface area (Å²) in [7, 11) is 0. The van der Waals surface area contributed by atoms with Crippen LogP contribution in [0.15, 0.2) is 102 Å². The van der Waals surface area contributed by atoms with Crippen molar-refractivity contribution in [3.05, 3.63) is 102 Å². The number of rotatable bonds is 3. The molecule has 2 amide bonds. The highest BCUT2D eigenvalue weighted by Gasteiger charge is 2.15. The number of hydrogen-bond acceptors (Lipinski definition) is 3. The number of halogens is 1. The molecular formula is C22H20ClN3OS. The maximum absolute atomic E-state index is 11.3. The first-order chi connectivity index (χ1) is 13.3. The summed E-state index contributed by atoms with van der Waals surface area (Å²) >= 11 is 1.42. The van der Waals surface area contributed by atoms with Crippen molar-refractivity contribution in [2.45, 2.75) is 0 Å². The number of nitrogens with zero attached hydrogens (tertiary/aromatic N) is 2. The predicted octanol–water partition coefficient (Wildman–Crippen LogP) is 6.14. The Bertz CT molecular complexity index is 912. The van der Waals surface area contributed by atoms with E-state index in [9.17, 15) is 4.79 Å². The number of nitrogens with two attached hydrogens (primary N) is 1. The quantitative estimate of drug-likeness (QED) is 0.442. The fourth-order valence-electron chi connectivity index (χ4n) is 2.53. The number of carbonyl (C=O) groups excluding carboxylic acids is 1. The van der Waals surface area contributed by atoms with Gasteiger partial charge in [-0.1, -0.05) is 78.9 Å². The van der Waals surface area contributed by atoms with E-state index in [0.717, 1.165) is 5.69 Å². The van der Waals surface area contributed by atoms with Crippen molar-refractivity contribution < 1.29 is 4.79 Å². The standard InChI is InChI=1S/C12H10.C10H9N3OS.ClH/c1-3-7-11(8-4-1)12-9-5-2-6-10-12;11-10(14)13(9-6-15-7-12-9)8-4-2-1-3-5-8;/h1-10H;1-7H,(H2,11,14);1H. The van der Waals surface area contributed by atoms with Gasteiger partial charge in [0.05, 0.1) is 11.2 Å². The highest BCUT2D eigenvalue weighted by molar-refractivity contribution is 7.07. The van der Waals surface area contributed by atoms with Gasteiger partial charge >= 0.3 is 6.03 Å². The predicted molar refractivity (Wildman–Crippen MR) is 119 cm³/mol. The molecule has 1 heterocycles. The van der Waals surface area contributed by atoms with E-state index in [1.807, 2.05) is 42.5 Å². The average Bonchev–Trinajstić information content (AvgIpc) is 3.25. The Hall–Kier alpha value is -3.15. The molecule has 0 unspecified atom stereocenters. The van der Waals surface area contributed by atoms with Gasteiger partial charge in [0.15, 0.2) is 5.82 Å². The lowest BCUT2D eigenvalue weighted by molar-refractivity contribution is 0.256. The number of para-hydroxylation sites is 1. The third kappa shape index (κ3) is 5.67. The molecule has 0 saturated carbocycles. The molecule has 0 atom stereocenters. The summed E-state index contributed by atoms with van der Waals surface area (Å²) in [5.74, 6) is 0.554. The molecule has 0 aliphatic heterocycles. The Morgan fingerprint density at radius 1 is 0.786 bits per heavy atom. The van der Waals surface area contributed by atoms with Crippen molar-refractivity contribution in [2.75, 3.05) is 4.90 Å². The molecule has 6 heteroatoms. The molecule has 1 aromatic heterocycles. The molecular weight excluding hydrogens is 390 g/mol. The molecule has 0 bridgehead atoms. The Kier molecular flexibility index (Phi) is 8.21. The Morgan fingerprint density at radius 2 is 1.25 bits per heavy atom. The zero-order valence-electron chi connectivity index (χ0n) is 15.0. The lowest BCUT2D eigenvalue weighted by atomic mass is 10.1. The van der Waals surface area contributed by atoms with E-state index >= 15 is 0 Å². The zero-order chi connectivity index (χ0) is 18.9. The van der Waals surface area contributed by atoms with Gasteiger partial charge in [-0.15, -0.1) is 23.7 Å². The minimum atomic E-state index is -0.535. The van der Waals surface area contributed by atoms with Crippen LogP contribution in [-0.2, 0) is 0 Å².